The van der Waals surface area contributed by atoms with E-state index in [2.05, 4.69) is 17.6 Å². The van der Waals surface area contributed by atoms with Crippen molar-refractivity contribution < 1.29 is 14.3 Å². The van der Waals surface area contributed by atoms with Crippen LogP contribution in [0.3, 0.4) is 0 Å². The number of fused-ring (bicyclic) bond motifs is 1. The van der Waals surface area contributed by atoms with Crippen molar-refractivity contribution in [2.24, 2.45) is 5.92 Å². The highest BCUT2D eigenvalue weighted by atomic mass is 32.1. The normalized spacial score (nSPS) is 14.9. The van der Waals surface area contributed by atoms with Gasteiger partial charge < -0.3 is 15.4 Å². The lowest BCUT2D eigenvalue weighted by atomic mass is 9.88. The Hall–Kier alpha value is -3.03. The Morgan fingerprint density at radius 1 is 1.06 bits per heavy atom. The van der Waals surface area contributed by atoms with Gasteiger partial charge >= 0.3 is 5.97 Å². The van der Waals surface area contributed by atoms with Gasteiger partial charge in [-0.05, 0) is 55.1 Å². The average molecular weight is 465 g/mol. The molecule has 1 aliphatic carbocycles. The van der Waals surface area contributed by atoms with Crippen LogP contribution < -0.4 is 10.6 Å². The van der Waals surface area contributed by atoms with Gasteiger partial charge in [0.2, 0.25) is 0 Å². The first-order valence-corrected chi connectivity index (χ1v) is 11.7. The molecule has 2 aromatic carbocycles. The number of hydrogen-bond donors (Lipinski definition) is 2. The Morgan fingerprint density at radius 3 is 2.53 bits per heavy atom. The van der Waals surface area contributed by atoms with Crippen molar-refractivity contribution in [2.45, 2.75) is 26.2 Å². The molecule has 2 N–H and O–H groups in total. The number of esters is 1. The van der Waals surface area contributed by atoms with E-state index < -0.39 is 0 Å². The van der Waals surface area contributed by atoms with Gasteiger partial charge in [-0.2, -0.15) is 0 Å². The third kappa shape index (κ3) is 4.59. The van der Waals surface area contributed by atoms with Gasteiger partial charge in [-0.15, -0.1) is 11.3 Å². The fourth-order valence-electron chi connectivity index (χ4n) is 3.95. The van der Waals surface area contributed by atoms with Crippen LogP contribution >= 0.6 is 23.6 Å². The zero-order valence-corrected chi connectivity index (χ0v) is 19.6. The van der Waals surface area contributed by atoms with Crippen molar-refractivity contribution in [2.75, 3.05) is 17.7 Å². The van der Waals surface area contributed by atoms with E-state index in [4.69, 9.17) is 17.0 Å². The van der Waals surface area contributed by atoms with Crippen LogP contribution in [-0.2, 0) is 17.6 Å². The number of benzene rings is 2. The van der Waals surface area contributed by atoms with E-state index in [1.807, 2.05) is 36.4 Å². The molecule has 0 saturated carbocycles. The highest BCUT2D eigenvalue weighted by Gasteiger charge is 2.28. The molecule has 5 nitrogen and oxygen atoms in total. The second kappa shape index (κ2) is 9.63. The third-order valence-corrected chi connectivity index (χ3v) is 6.96. The van der Waals surface area contributed by atoms with E-state index in [-0.39, 0.29) is 11.8 Å². The minimum atomic E-state index is -0.359. The first-order chi connectivity index (χ1) is 15.5. The van der Waals surface area contributed by atoms with Crippen LogP contribution in [0.2, 0.25) is 0 Å². The van der Waals surface area contributed by atoms with Gasteiger partial charge in [0.25, 0.3) is 0 Å². The van der Waals surface area contributed by atoms with Crippen molar-refractivity contribution in [1.29, 1.82) is 0 Å². The number of carbonyl (C=O) groups is 2. The summed E-state index contributed by atoms with van der Waals surface area (Å²) in [5.74, 6) is 0.134. The standard InChI is InChI=1S/C25H24N2O3S2/c1-15-12-13-18-20(14-15)32-23(21(18)24(29)30-2)27-25(31)26-19-11-7-6-10-17(19)22(28)16-8-4-3-5-9-16/h3-11,15H,12-14H2,1-2H3,(H2,26,27,31). The first kappa shape index (κ1) is 22.2. The van der Waals surface area contributed by atoms with Gasteiger partial charge in [-0.25, -0.2) is 4.79 Å². The highest BCUT2D eigenvalue weighted by Crippen LogP contribution is 2.40. The lowest BCUT2D eigenvalue weighted by molar-refractivity contribution is 0.0600. The third-order valence-electron chi connectivity index (χ3n) is 5.58. The smallest absolute Gasteiger partial charge is 0.341 e. The molecule has 164 valence electrons. The summed E-state index contributed by atoms with van der Waals surface area (Å²) in [6.07, 6.45) is 2.85. The lowest BCUT2D eigenvalue weighted by Crippen LogP contribution is -2.22. The lowest BCUT2D eigenvalue weighted by Gasteiger charge is -2.18. The first-order valence-electron chi connectivity index (χ1n) is 10.5. The van der Waals surface area contributed by atoms with Crippen LogP contribution in [0.5, 0.6) is 0 Å². The molecule has 32 heavy (non-hydrogen) atoms. The number of nitrogens with one attached hydrogen (secondary N) is 2. The van der Waals surface area contributed by atoms with Crippen molar-refractivity contribution in [3.8, 4) is 0 Å². The molecule has 1 unspecified atom stereocenters. The number of rotatable bonds is 5. The zero-order chi connectivity index (χ0) is 22.7. The molecule has 0 saturated heterocycles. The Bertz CT molecular complexity index is 1170. The minimum absolute atomic E-state index is 0.0904. The number of para-hydroxylation sites is 1. The van der Waals surface area contributed by atoms with E-state index in [9.17, 15) is 9.59 Å². The largest absolute Gasteiger partial charge is 0.465 e. The molecule has 0 fully saturated rings. The molecule has 1 atom stereocenters. The summed E-state index contributed by atoms with van der Waals surface area (Å²) in [4.78, 5) is 26.7. The van der Waals surface area contributed by atoms with E-state index in [0.717, 1.165) is 24.8 Å². The van der Waals surface area contributed by atoms with Gasteiger partial charge in [0, 0.05) is 16.0 Å². The van der Waals surface area contributed by atoms with E-state index in [1.54, 1.807) is 29.5 Å². The summed E-state index contributed by atoms with van der Waals surface area (Å²) in [6, 6.07) is 16.4. The number of thiophene rings is 1. The van der Waals surface area contributed by atoms with Crippen molar-refractivity contribution >= 4 is 51.1 Å². The topological polar surface area (TPSA) is 67.4 Å². The zero-order valence-electron chi connectivity index (χ0n) is 17.9. The summed E-state index contributed by atoms with van der Waals surface area (Å²) in [5, 5.41) is 7.31. The number of methoxy groups -OCH3 is 1. The number of ketones is 1. The monoisotopic (exact) mass is 464 g/mol. The molecule has 1 heterocycles. The summed E-state index contributed by atoms with van der Waals surface area (Å²) >= 11 is 7.10. The molecule has 4 rings (SSSR count). The van der Waals surface area contributed by atoms with E-state index >= 15 is 0 Å². The maximum absolute atomic E-state index is 13.0. The predicted molar refractivity (Wildman–Crippen MR) is 133 cm³/mol. The molecule has 0 aliphatic heterocycles. The molecular weight excluding hydrogens is 440 g/mol. The van der Waals surface area contributed by atoms with Crippen LogP contribution in [-0.4, -0.2) is 24.0 Å². The molecule has 0 radical (unpaired) electrons. The van der Waals surface area contributed by atoms with Crippen LogP contribution in [0.1, 0.15) is 50.1 Å². The summed E-state index contributed by atoms with van der Waals surface area (Å²) in [7, 11) is 1.39. The summed E-state index contributed by atoms with van der Waals surface area (Å²) in [5.41, 5.74) is 3.36. The maximum atomic E-state index is 13.0. The SMILES string of the molecule is COC(=O)c1c(NC(=S)Nc2ccccc2C(=O)c2ccccc2)sc2c1CCC(C)C2. The second-order valence-electron chi connectivity index (χ2n) is 7.87. The van der Waals surface area contributed by atoms with Crippen molar-refractivity contribution in [3.05, 3.63) is 81.7 Å². The number of anilines is 2. The van der Waals surface area contributed by atoms with Gasteiger partial charge in [-0.1, -0.05) is 49.4 Å². The maximum Gasteiger partial charge on any atom is 0.341 e. The molecule has 0 amide bonds. The number of thiocarbonyl (C=S) groups is 1. The van der Waals surface area contributed by atoms with Crippen molar-refractivity contribution in [1.82, 2.24) is 0 Å². The Kier molecular flexibility index (Phi) is 6.67. The van der Waals surface area contributed by atoms with Gasteiger partial charge in [0.05, 0.1) is 18.4 Å². The Labute approximate surface area is 196 Å². The average Bonchev–Trinajstić information content (AvgIpc) is 3.15. The molecule has 1 aliphatic rings. The Balaban J connectivity index is 1.58. The number of carbonyl (C=O) groups excluding carboxylic acids is 2. The Morgan fingerprint density at radius 2 is 1.78 bits per heavy atom. The van der Waals surface area contributed by atoms with Gasteiger partial charge in [0.1, 0.15) is 5.00 Å². The molecule has 1 aromatic heterocycles. The number of hydrogen-bond acceptors (Lipinski definition) is 5. The van der Waals surface area contributed by atoms with E-state index in [0.29, 0.717) is 38.4 Å². The fraction of sp³-hybridized carbons (Fsp3) is 0.240. The van der Waals surface area contributed by atoms with E-state index in [1.165, 1.54) is 12.0 Å². The van der Waals surface area contributed by atoms with Crippen LogP contribution in [0.4, 0.5) is 10.7 Å². The highest BCUT2D eigenvalue weighted by molar-refractivity contribution is 7.80. The summed E-state index contributed by atoms with van der Waals surface area (Å²) in [6.45, 7) is 2.22. The van der Waals surface area contributed by atoms with Gasteiger partial charge in [-0.3, -0.25) is 4.79 Å². The minimum Gasteiger partial charge on any atom is -0.465 e. The molecule has 0 bridgehead atoms. The number of ether oxygens (including phenoxy) is 1. The fourth-order valence-corrected chi connectivity index (χ4v) is 5.63. The molecular formula is C25H24N2O3S2. The van der Waals surface area contributed by atoms with Crippen LogP contribution in [0.15, 0.2) is 54.6 Å². The summed E-state index contributed by atoms with van der Waals surface area (Å²) < 4.78 is 5.05. The van der Waals surface area contributed by atoms with Crippen LogP contribution in [0, 0.1) is 5.92 Å². The molecule has 7 heteroatoms. The molecule has 3 aromatic rings. The van der Waals surface area contributed by atoms with Crippen molar-refractivity contribution in [3.63, 3.8) is 0 Å². The molecule has 0 spiro atoms. The predicted octanol–water partition coefficient (Wildman–Crippen LogP) is 5.70. The van der Waals surface area contributed by atoms with Crippen LogP contribution in [0.25, 0.3) is 0 Å². The second-order valence-corrected chi connectivity index (χ2v) is 9.38. The van der Waals surface area contributed by atoms with Gasteiger partial charge in [0.15, 0.2) is 10.9 Å². The quantitative estimate of drug-likeness (QED) is 0.287.